The Hall–Kier alpha value is -3.01. The van der Waals surface area contributed by atoms with Gasteiger partial charge < -0.3 is 19.8 Å². The van der Waals surface area contributed by atoms with Crippen LogP contribution in [-0.4, -0.2) is 69.3 Å². The third-order valence-electron chi connectivity index (χ3n) is 10.0. The molecular weight excluding hydrogens is 488 g/mol. The van der Waals surface area contributed by atoms with Crippen LogP contribution in [0.3, 0.4) is 0 Å². The molecule has 6 nitrogen and oxygen atoms in total. The maximum Gasteiger partial charge on any atom is 0.299 e. The van der Waals surface area contributed by atoms with Crippen molar-refractivity contribution >= 4 is 5.91 Å². The van der Waals surface area contributed by atoms with Crippen LogP contribution >= 0.6 is 0 Å². The second-order valence-electron chi connectivity index (χ2n) is 12.9. The van der Waals surface area contributed by atoms with E-state index >= 15 is 0 Å². The first-order valence-electron chi connectivity index (χ1n) is 14.7. The number of hydrogen-bond donors (Lipinski definition) is 2. The van der Waals surface area contributed by atoms with E-state index in [0.29, 0.717) is 25.1 Å². The topological polar surface area (TPSA) is 73.2 Å². The van der Waals surface area contributed by atoms with E-state index in [2.05, 4.69) is 30.6 Å². The number of phenolic OH excluding ortho intramolecular Hbond substituents is 1. The van der Waals surface area contributed by atoms with Gasteiger partial charge in [0, 0.05) is 36.2 Å². The van der Waals surface area contributed by atoms with Gasteiger partial charge in [-0.05, 0) is 80.7 Å². The molecule has 1 saturated heterocycles. The molecule has 0 aromatic heterocycles. The third-order valence-corrected chi connectivity index (χ3v) is 10.0. The fourth-order valence-corrected chi connectivity index (χ4v) is 8.26. The van der Waals surface area contributed by atoms with Gasteiger partial charge in [-0.1, -0.05) is 44.0 Å². The summed E-state index contributed by atoms with van der Waals surface area (Å²) in [7, 11) is 0. The quantitative estimate of drug-likeness (QED) is 0.579. The number of nitrogens with zero attached hydrogens (tertiary/aromatic N) is 2. The van der Waals surface area contributed by atoms with Crippen molar-refractivity contribution in [3.63, 3.8) is 0 Å². The minimum absolute atomic E-state index is 0.0222. The van der Waals surface area contributed by atoms with Crippen LogP contribution in [0, 0.1) is 23.7 Å². The normalized spacial score (nSPS) is 32.2. The number of piperidine rings is 1. The number of aromatic hydroxyl groups is 1. The van der Waals surface area contributed by atoms with Crippen LogP contribution < -0.4 is 4.74 Å². The van der Waals surface area contributed by atoms with Gasteiger partial charge in [0.1, 0.15) is 6.10 Å². The van der Waals surface area contributed by atoms with Crippen molar-refractivity contribution in [3.05, 3.63) is 59.2 Å². The summed E-state index contributed by atoms with van der Waals surface area (Å²) in [5.74, 6) is 7.40. The zero-order chi connectivity index (χ0) is 26.9. The van der Waals surface area contributed by atoms with E-state index < -0.39 is 17.1 Å². The van der Waals surface area contributed by atoms with Crippen molar-refractivity contribution in [1.82, 2.24) is 9.80 Å². The zero-order valence-electron chi connectivity index (χ0n) is 22.9. The van der Waals surface area contributed by atoms with Crippen LogP contribution in [-0.2, 0) is 16.6 Å². The first-order valence-corrected chi connectivity index (χ1v) is 14.7. The number of phenols is 1. The van der Waals surface area contributed by atoms with Gasteiger partial charge in [-0.25, -0.2) is 0 Å². The van der Waals surface area contributed by atoms with Crippen molar-refractivity contribution in [2.45, 2.75) is 81.6 Å². The van der Waals surface area contributed by atoms with Crippen LogP contribution in [0.4, 0.5) is 0 Å². The van der Waals surface area contributed by atoms with E-state index in [-0.39, 0.29) is 29.7 Å². The highest BCUT2D eigenvalue weighted by Gasteiger charge is 2.73. The van der Waals surface area contributed by atoms with Gasteiger partial charge in [0.05, 0.1) is 17.1 Å². The molecule has 1 amide bonds. The molecule has 2 aromatic carbocycles. The van der Waals surface area contributed by atoms with Gasteiger partial charge in [-0.15, -0.1) is 0 Å². The SMILES string of the molecule is CC(C)CN(C(=O)C#Cc1ccccc1)[C@H]1CC[C@@]2(O)[C@H]3Cc4ccc(O)c5c4[C@@]2(CCN3CC2CC2)[C@H]1O5. The number of likely N-dealkylation sites (tertiary alicyclic amines) is 1. The monoisotopic (exact) mass is 526 g/mol. The molecule has 39 heavy (non-hydrogen) atoms. The molecule has 5 aliphatic rings. The maximum absolute atomic E-state index is 13.7. The summed E-state index contributed by atoms with van der Waals surface area (Å²) in [6.45, 7) is 6.74. The van der Waals surface area contributed by atoms with Crippen LogP contribution in [0.15, 0.2) is 42.5 Å². The molecule has 3 fully saturated rings. The van der Waals surface area contributed by atoms with Gasteiger partial charge in [0.2, 0.25) is 0 Å². The van der Waals surface area contributed by atoms with E-state index in [0.717, 1.165) is 43.0 Å². The van der Waals surface area contributed by atoms with Crippen molar-refractivity contribution < 1.29 is 19.7 Å². The van der Waals surface area contributed by atoms with E-state index in [1.54, 1.807) is 6.07 Å². The Morgan fingerprint density at radius 1 is 1.15 bits per heavy atom. The molecule has 0 unspecified atom stereocenters. The number of carbonyl (C=O) groups is 1. The Labute approximate surface area is 231 Å². The van der Waals surface area contributed by atoms with E-state index in [1.807, 2.05) is 41.3 Å². The molecule has 2 N–H and O–H groups in total. The molecule has 204 valence electrons. The smallest absolute Gasteiger partial charge is 0.299 e. The number of rotatable bonds is 5. The number of hydrogen-bond acceptors (Lipinski definition) is 5. The molecule has 0 radical (unpaired) electrons. The largest absolute Gasteiger partial charge is 0.504 e. The highest BCUT2D eigenvalue weighted by Crippen LogP contribution is 2.66. The molecule has 5 atom stereocenters. The van der Waals surface area contributed by atoms with Crippen LogP contribution in [0.25, 0.3) is 0 Å². The van der Waals surface area contributed by atoms with Gasteiger partial charge in [0.15, 0.2) is 11.5 Å². The van der Waals surface area contributed by atoms with Crippen LogP contribution in [0.1, 0.15) is 62.6 Å². The summed E-state index contributed by atoms with van der Waals surface area (Å²) in [5.41, 5.74) is 1.37. The summed E-state index contributed by atoms with van der Waals surface area (Å²) in [5, 5.41) is 23.7. The Morgan fingerprint density at radius 3 is 2.69 bits per heavy atom. The lowest BCUT2D eigenvalue weighted by Gasteiger charge is -2.64. The molecule has 6 heteroatoms. The van der Waals surface area contributed by atoms with E-state index in [9.17, 15) is 15.0 Å². The van der Waals surface area contributed by atoms with Crippen LogP contribution in [0.5, 0.6) is 11.5 Å². The first-order chi connectivity index (χ1) is 18.8. The van der Waals surface area contributed by atoms with E-state index in [4.69, 9.17) is 4.74 Å². The molecule has 7 rings (SSSR count). The van der Waals surface area contributed by atoms with Crippen LogP contribution in [0.2, 0.25) is 0 Å². The predicted octanol–water partition coefficient (Wildman–Crippen LogP) is 3.86. The summed E-state index contributed by atoms with van der Waals surface area (Å²) < 4.78 is 6.72. The summed E-state index contributed by atoms with van der Waals surface area (Å²) in [4.78, 5) is 18.2. The minimum Gasteiger partial charge on any atom is -0.504 e. The molecular formula is C33H38N2O4. The van der Waals surface area contributed by atoms with Crippen molar-refractivity contribution in [1.29, 1.82) is 0 Å². The minimum atomic E-state index is -0.963. The molecule has 2 heterocycles. The highest BCUT2D eigenvalue weighted by molar-refractivity contribution is 5.94. The van der Waals surface area contributed by atoms with Crippen molar-refractivity contribution in [2.24, 2.45) is 11.8 Å². The summed E-state index contributed by atoms with van der Waals surface area (Å²) in [6.07, 6.45) is 4.92. The molecule has 2 aromatic rings. The summed E-state index contributed by atoms with van der Waals surface area (Å²) in [6, 6.07) is 13.1. The number of carbonyl (C=O) groups excluding carboxylic acids is 1. The van der Waals surface area contributed by atoms with Gasteiger partial charge in [-0.3, -0.25) is 9.69 Å². The maximum atomic E-state index is 13.7. The fourth-order valence-electron chi connectivity index (χ4n) is 8.26. The summed E-state index contributed by atoms with van der Waals surface area (Å²) >= 11 is 0. The van der Waals surface area contributed by atoms with Crippen molar-refractivity contribution in [2.75, 3.05) is 19.6 Å². The van der Waals surface area contributed by atoms with Gasteiger partial charge in [-0.2, -0.15) is 0 Å². The lowest BCUT2D eigenvalue weighted by molar-refractivity contribution is -0.201. The molecule has 2 saturated carbocycles. The Balaban J connectivity index is 1.30. The lowest BCUT2D eigenvalue weighted by Crippen LogP contribution is -2.78. The second-order valence-corrected chi connectivity index (χ2v) is 12.9. The first kappa shape index (κ1) is 25.0. The van der Waals surface area contributed by atoms with Gasteiger partial charge in [0.25, 0.3) is 5.91 Å². The number of benzene rings is 2. The number of ether oxygens (including phenoxy) is 1. The third kappa shape index (κ3) is 3.73. The highest BCUT2D eigenvalue weighted by atomic mass is 16.5. The number of aliphatic hydroxyl groups is 1. The van der Waals surface area contributed by atoms with E-state index in [1.165, 1.54) is 18.4 Å². The lowest BCUT2D eigenvalue weighted by atomic mass is 9.48. The Kier molecular flexibility index (Phi) is 5.77. The predicted molar refractivity (Wildman–Crippen MR) is 148 cm³/mol. The Morgan fingerprint density at radius 2 is 1.95 bits per heavy atom. The standard InChI is InChI=1S/C33H38N2O4/c1-21(2)19-35(28(37)13-10-22-6-4-3-5-7-22)25-14-15-33(38)27-18-24-11-12-26(36)30-29(24)32(33,31(25)39-30)16-17-34(27)20-23-8-9-23/h3-7,11-12,21,23,25,27,31,36,38H,8-9,14-20H2,1-2H3/t25-,27+,31-,32-,33+/m0/s1. The molecule has 2 bridgehead atoms. The molecule has 1 spiro atoms. The van der Waals surface area contributed by atoms with Crippen molar-refractivity contribution in [3.8, 4) is 23.3 Å². The van der Waals surface area contributed by atoms with Gasteiger partial charge >= 0.3 is 0 Å². The molecule has 2 aliphatic heterocycles. The second kappa shape index (κ2) is 9.01. The average Bonchev–Trinajstić information content (AvgIpc) is 3.67. The molecule has 3 aliphatic carbocycles. The zero-order valence-corrected chi connectivity index (χ0v) is 22.9. The number of amides is 1. The fraction of sp³-hybridized carbons (Fsp3) is 0.545. The average molecular weight is 527 g/mol. The Bertz CT molecular complexity index is 1360.